The second kappa shape index (κ2) is 6.10. The van der Waals surface area contributed by atoms with Crippen LogP contribution in [0.2, 0.25) is 0 Å². The second-order valence-corrected chi connectivity index (χ2v) is 6.30. The van der Waals surface area contributed by atoms with Gasteiger partial charge >= 0.3 is 0 Å². The number of nitrogens with one attached hydrogen (secondary N) is 1. The lowest BCUT2D eigenvalue weighted by atomic mass is 10.0. The zero-order chi connectivity index (χ0) is 14.0. The monoisotopic (exact) mass is 323 g/mol. The van der Waals surface area contributed by atoms with Crippen LogP contribution >= 0.6 is 15.9 Å². The van der Waals surface area contributed by atoms with Crippen molar-refractivity contribution < 1.29 is 4.42 Å². The van der Waals surface area contributed by atoms with Crippen LogP contribution in [0.4, 0.5) is 0 Å². The molecule has 104 valence electrons. The zero-order valence-electron chi connectivity index (χ0n) is 12.1. The van der Waals surface area contributed by atoms with Gasteiger partial charge in [-0.3, -0.25) is 0 Å². The fraction of sp³-hybridized carbons (Fsp3) is 0.500. The van der Waals surface area contributed by atoms with Crippen molar-refractivity contribution >= 4 is 26.9 Å². The fourth-order valence-corrected chi connectivity index (χ4v) is 2.96. The van der Waals surface area contributed by atoms with E-state index in [2.05, 4.69) is 61.1 Å². The molecular formula is C16H22BrNO. The van der Waals surface area contributed by atoms with Crippen molar-refractivity contribution in [2.45, 2.75) is 53.1 Å². The Morgan fingerprint density at radius 1 is 1.32 bits per heavy atom. The van der Waals surface area contributed by atoms with E-state index in [9.17, 15) is 0 Å². The molecule has 0 unspecified atom stereocenters. The second-order valence-electron chi connectivity index (χ2n) is 5.39. The van der Waals surface area contributed by atoms with Crippen LogP contribution in [-0.4, -0.2) is 6.04 Å². The van der Waals surface area contributed by atoms with Gasteiger partial charge in [-0.05, 0) is 31.0 Å². The highest BCUT2D eigenvalue weighted by molar-refractivity contribution is 9.10. The SMILES string of the molecule is CCCc1c(CNC(C)C)oc2c(C)cc(Br)cc12. The first kappa shape index (κ1) is 14.6. The number of benzene rings is 1. The number of hydrogen-bond acceptors (Lipinski definition) is 2. The summed E-state index contributed by atoms with van der Waals surface area (Å²) in [6.07, 6.45) is 2.20. The molecule has 0 aliphatic carbocycles. The molecule has 2 nitrogen and oxygen atoms in total. The molecule has 1 N–H and O–H groups in total. The molecule has 0 aliphatic rings. The quantitative estimate of drug-likeness (QED) is 0.841. The number of aryl methyl sites for hydroxylation is 2. The topological polar surface area (TPSA) is 25.2 Å². The molecule has 2 rings (SSSR count). The predicted molar refractivity (Wildman–Crippen MR) is 84.6 cm³/mol. The molecule has 1 heterocycles. The third kappa shape index (κ3) is 3.21. The van der Waals surface area contributed by atoms with E-state index in [0.29, 0.717) is 6.04 Å². The standard InChI is InChI=1S/C16H22BrNO/c1-5-6-13-14-8-12(17)7-11(4)16(14)19-15(13)9-18-10(2)3/h7-8,10,18H,5-6,9H2,1-4H3. The molecule has 0 saturated carbocycles. The third-order valence-corrected chi connectivity index (χ3v) is 3.76. The molecule has 0 bridgehead atoms. The summed E-state index contributed by atoms with van der Waals surface area (Å²) < 4.78 is 7.23. The molecule has 0 amide bonds. The van der Waals surface area contributed by atoms with Gasteiger partial charge in [0.05, 0.1) is 6.54 Å². The minimum atomic E-state index is 0.468. The molecule has 3 heteroatoms. The Hall–Kier alpha value is -0.800. The van der Waals surface area contributed by atoms with Gasteiger partial charge in [0.25, 0.3) is 0 Å². The highest BCUT2D eigenvalue weighted by Crippen LogP contribution is 2.32. The largest absolute Gasteiger partial charge is 0.459 e. The summed E-state index contributed by atoms with van der Waals surface area (Å²) in [5.74, 6) is 1.09. The molecule has 1 aromatic heterocycles. The van der Waals surface area contributed by atoms with Gasteiger partial charge in [0.1, 0.15) is 11.3 Å². The Labute approximate surface area is 123 Å². The smallest absolute Gasteiger partial charge is 0.137 e. The van der Waals surface area contributed by atoms with Crippen molar-refractivity contribution in [2.24, 2.45) is 0 Å². The van der Waals surface area contributed by atoms with Crippen LogP contribution in [0.15, 0.2) is 21.0 Å². The van der Waals surface area contributed by atoms with Crippen LogP contribution in [0.3, 0.4) is 0 Å². The highest BCUT2D eigenvalue weighted by atomic mass is 79.9. The average molecular weight is 324 g/mol. The van der Waals surface area contributed by atoms with Crippen LogP contribution in [0.1, 0.15) is 44.1 Å². The number of fused-ring (bicyclic) bond motifs is 1. The van der Waals surface area contributed by atoms with E-state index in [1.165, 1.54) is 16.5 Å². The summed E-state index contributed by atoms with van der Waals surface area (Å²) >= 11 is 3.58. The summed E-state index contributed by atoms with van der Waals surface area (Å²) in [5, 5.41) is 4.71. The molecule has 0 atom stereocenters. The first-order chi connectivity index (χ1) is 9.02. The Morgan fingerprint density at radius 2 is 2.05 bits per heavy atom. The van der Waals surface area contributed by atoms with Gasteiger partial charge in [0.2, 0.25) is 0 Å². The summed E-state index contributed by atoms with van der Waals surface area (Å²) in [6, 6.07) is 4.76. The minimum absolute atomic E-state index is 0.468. The van der Waals surface area contributed by atoms with E-state index in [4.69, 9.17) is 4.42 Å². The van der Waals surface area contributed by atoms with E-state index in [-0.39, 0.29) is 0 Å². The average Bonchev–Trinajstić information content (AvgIpc) is 2.66. The van der Waals surface area contributed by atoms with Gasteiger partial charge in [-0.2, -0.15) is 0 Å². The van der Waals surface area contributed by atoms with Crippen LogP contribution in [0.25, 0.3) is 11.0 Å². The molecule has 1 aromatic carbocycles. The fourth-order valence-electron chi connectivity index (χ4n) is 2.39. The Kier molecular flexibility index (Phi) is 4.69. The van der Waals surface area contributed by atoms with E-state index in [0.717, 1.165) is 35.2 Å². The number of furan rings is 1. The van der Waals surface area contributed by atoms with E-state index in [1.807, 2.05) is 0 Å². The van der Waals surface area contributed by atoms with Crippen LogP contribution in [-0.2, 0) is 13.0 Å². The predicted octanol–water partition coefficient (Wildman–Crippen LogP) is 4.95. The van der Waals surface area contributed by atoms with E-state index in [1.54, 1.807) is 0 Å². The Bertz CT molecular complexity index is 572. The van der Waals surface area contributed by atoms with E-state index < -0.39 is 0 Å². The minimum Gasteiger partial charge on any atom is -0.459 e. The maximum absolute atomic E-state index is 6.10. The first-order valence-electron chi connectivity index (χ1n) is 6.96. The van der Waals surface area contributed by atoms with Crippen LogP contribution in [0, 0.1) is 6.92 Å². The van der Waals surface area contributed by atoms with Crippen molar-refractivity contribution in [3.8, 4) is 0 Å². The van der Waals surface area contributed by atoms with Crippen LogP contribution < -0.4 is 5.32 Å². The van der Waals surface area contributed by atoms with Gasteiger partial charge < -0.3 is 9.73 Å². The molecule has 0 fully saturated rings. The first-order valence-corrected chi connectivity index (χ1v) is 7.76. The van der Waals surface area contributed by atoms with Gasteiger partial charge in [-0.1, -0.05) is 43.1 Å². The zero-order valence-corrected chi connectivity index (χ0v) is 13.7. The molecule has 0 radical (unpaired) electrons. The van der Waals surface area contributed by atoms with Crippen molar-refractivity contribution in [3.63, 3.8) is 0 Å². The van der Waals surface area contributed by atoms with Crippen molar-refractivity contribution in [3.05, 3.63) is 33.5 Å². The summed E-state index contributed by atoms with van der Waals surface area (Å²) in [5.41, 5.74) is 3.58. The van der Waals surface area contributed by atoms with Gasteiger partial charge in [-0.15, -0.1) is 0 Å². The van der Waals surface area contributed by atoms with Gasteiger partial charge in [-0.25, -0.2) is 0 Å². The summed E-state index contributed by atoms with van der Waals surface area (Å²) in [7, 11) is 0. The molecular weight excluding hydrogens is 302 g/mol. The van der Waals surface area contributed by atoms with Crippen LogP contribution in [0.5, 0.6) is 0 Å². The van der Waals surface area contributed by atoms with Crippen molar-refractivity contribution in [2.75, 3.05) is 0 Å². The summed E-state index contributed by atoms with van der Waals surface area (Å²) in [4.78, 5) is 0. The Morgan fingerprint density at radius 3 is 2.68 bits per heavy atom. The molecule has 0 saturated heterocycles. The normalized spacial score (nSPS) is 11.7. The number of halogens is 1. The van der Waals surface area contributed by atoms with Crippen molar-refractivity contribution in [1.29, 1.82) is 0 Å². The summed E-state index contributed by atoms with van der Waals surface area (Å²) in [6.45, 7) is 9.43. The molecule has 0 aliphatic heterocycles. The molecule has 19 heavy (non-hydrogen) atoms. The third-order valence-electron chi connectivity index (χ3n) is 3.30. The van der Waals surface area contributed by atoms with Crippen molar-refractivity contribution in [1.82, 2.24) is 5.32 Å². The maximum Gasteiger partial charge on any atom is 0.137 e. The molecule has 0 spiro atoms. The number of hydrogen-bond donors (Lipinski definition) is 1. The molecule has 2 aromatic rings. The number of rotatable bonds is 5. The van der Waals surface area contributed by atoms with Gasteiger partial charge in [0.15, 0.2) is 0 Å². The lowest BCUT2D eigenvalue weighted by Gasteiger charge is -2.07. The Balaban J connectivity index is 2.50. The van der Waals surface area contributed by atoms with E-state index >= 15 is 0 Å². The maximum atomic E-state index is 6.10. The van der Waals surface area contributed by atoms with Gasteiger partial charge in [0, 0.05) is 21.5 Å². The highest BCUT2D eigenvalue weighted by Gasteiger charge is 2.15. The lowest BCUT2D eigenvalue weighted by molar-refractivity contribution is 0.482. The lowest BCUT2D eigenvalue weighted by Crippen LogP contribution is -2.22.